The highest BCUT2D eigenvalue weighted by molar-refractivity contribution is 6.42. The van der Waals surface area contributed by atoms with Gasteiger partial charge in [0.15, 0.2) is 0 Å². The van der Waals surface area contributed by atoms with Crippen molar-refractivity contribution in [2.45, 2.75) is 19.8 Å². The maximum Gasteiger partial charge on any atom is 0.339 e. The first-order chi connectivity index (χ1) is 7.56. The van der Waals surface area contributed by atoms with Gasteiger partial charge in [0.05, 0.1) is 16.7 Å². The van der Waals surface area contributed by atoms with Gasteiger partial charge in [0, 0.05) is 6.07 Å². The number of carbonyl (C=O) groups is 1. The number of hydrogen-bond donors (Lipinski definition) is 1. The highest BCUT2D eigenvalue weighted by Crippen LogP contribution is 2.30. The van der Waals surface area contributed by atoms with Gasteiger partial charge in [-0.25, -0.2) is 4.79 Å². The molecule has 0 saturated carbocycles. The molecule has 0 aliphatic carbocycles. The van der Waals surface area contributed by atoms with Crippen LogP contribution in [0.1, 0.15) is 30.1 Å². The van der Waals surface area contributed by atoms with Crippen molar-refractivity contribution in [3.63, 3.8) is 0 Å². The van der Waals surface area contributed by atoms with Crippen LogP contribution in [0.4, 0.5) is 0 Å². The Morgan fingerprint density at radius 1 is 1.38 bits per heavy atom. The third-order valence-corrected chi connectivity index (χ3v) is 2.73. The van der Waals surface area contributed by atoms with Gasteiger partial charge in [0.2, 0.25) is 0 Å². The normalized spacial score (nSPS) is 10.2. The molecule has 0 atom stereocenters. The zero-order valence-electron chi connectivity index (χ0n) is 8.80. The molecule has 0 fully saturated rings. The number of ether oxygens (including phenoxy) is 1. The first kappa shape index (κ1) is 13.1. The molecular weight excluding hydrogens is 251 g/mol. The summed E-state index contributed by atoms with van der Waals surface area (Å²) in [6.07, 6.45) is 1.84. The van der Waals surface area contributed by atoms with Gasteiger partial charge in [-0.3, -0.25) is 0 Å². The number of hydrogen-bond acceptors (Lipinski definition) is 2. The molecule has 0 aliphatic rings. The van der Waals surface area contributed by atoms with E-state index in [9.17, 15) is 4.79 Å². The van der Waals surface area contributed by atoms with Crippen molar-refractivity contribution >= 4 is 29.2 Å². The maximum atomic E-state index is 10.9. The minimum atomic E-state index is -1.08. The average molecular weight is 263 g/mol. The maximum absolute atomic E-state index is 10.9. The second-order valence-corrected chi connectivity index (χ2v) is 4.08. The number of unbranched alkanes of at least 4 members (excludes halogenated alkanes) is 1. The number of benzene rings is 1. The Kier molecular flexibility index (Phi) is 4.90. The summed E-state index contributed by atoms with van der Waals surface area (Å²) >= 11 is 11.5. The van der Waals surface area contributed by atoms with Crippen LogP contribution in [0.25, 0.3) is 0 Å². The van der Waals surface area contributed by atoms with Crippen molar-refractivity contribution in [3.05, 3.63) is 27.7 Å². The van der Waals surface area contributed by atoms with Gasteiger partial charge in [-0.15, -0.1) is 0 Å². The van der Waals surface area contributed by atoms with Crippen LogP contribution in [-0.4, -0.2) is 17.7 Å². The van der Waals surface area contributed by atoms with Gasteiger partial charge in [-0.2, -0.15) is 0 Å². The molecule has 0 heterocycles. The minimum Gasteiger partial charge on any atom is -0.493 e. The summed E-state index contributed by atoms with van der Waals surface area (Å²) < 4.78 is 5.35. The number of carboxylic acids is 1. The Labute approximate surface area is 104 Å². The monoisotopic (exact) mass is 262 g/mol. The number of rotatable bonds is 5. The molecule has 0 aliphatic heterocycles. The fourth-order valence-electron chi connectivity index (χ4n) is 1.14. The molecular formula is C11H12Cl2O3. The highest BCUT2D eigenvalue weighted by atomic mass is 35.5. The molecule has 1 N–H and O–H groups in total. The average Bonchev–Trinajstić information content (AvgIpc) is 2.23. The van der Waals surface area contributed by atoms with Gasteiger partial charge < -0.3 is 9.84 Å². The zero-order chi connectivity index (χ0) is 12.1. The first-order valence-electron chi connectivity index (χ1n) is 4.91. The van der Waals surface area contributed by atoms with Crippen molar-refractivity contribution in [3.8, 4) is 5.75 Å². The molecule has 0 bridgehead atoms. The van der Waals surface area contributed by atoms with E-state index in [1.165, 1.54) is 12.1 Å². The fraction of sp³-hybridized carbons (Fsp3) is 0.364. The lowest BCUT2D eigenvalue weighted by Crippen LogP contribution is -2.04. The zero-order valence-corrected chi connectivity index (χ0v) is 10.3. The van der Waals surface area contributed by atoms with E-state index >= 15 is 0 Å². The molecule has 3 nitrogen and oxygen atoms in total. The van der Waals surface area contributed by atoms with E-state index in [1.807, 2.05) is 6.92 Å². The molecule has 1 aromatic carbocycles. The predicted molar refractivity (Wildman–Crippen MR) is 63.8 cm³/mol. The number of aromatic carboxylic acids is 1. The summed E-state index contributed by atoms with van der Waals surface area (Å²) in [4.78, 5) is 10.9. The van der Waals surface area contributed by atoms with Crippen LogP contribution in [0, 0.1) is 0 Å². The molecule has 0 radical (unpaired) electrons. The van der Waals surface area contributed by atoms with Crippen LogP contribution in [0.3, 0.4) is 0 Å². The van der Waals surface area contributed by atoms with Crippen LogP contribution < -0.4 is 4.74 Å². The summed E-state index contributed by atoms with van der Waals surface area (Å²) in [5, 5.41) is 9.46. The third-order valence-electron chi connectivity index (χ3n) is 2.01. The lowest BCUT2D eigenvalue weighted by atomic mass is 10.2. The molecule has 0 amide bonds. The Balaban J connectivity index is 2.95. The summed E-state index contributed by atoms with van der Waals surface area (Å²) in [5.41, 5.74) is 0.0329. The van der Waals surface area contributed by atoms with Crippen molar-refractivity contribution in [2.75, 3.05) is 6.61 Å². The van der Waals surface area contributed by atoms with E-state index in [0.717, 1.165) is 12.8 Å². The van der Waals surface area contributed by atoms with Crippen molar-refractivity contribution in [1.29, 1.82) is 0 Å². The smallest absolute Gasteiger partial charge is 0.339 e. The second kappa shape index (κ2) is 5.97. The molecule has 0 unspecified atom stereocenters. The van der Waals surface area contributed by atoms with Gasteiger partial charge in [-0.05, 0) is 12.5 Å². The molecule has 5 heteroatoms. The topological polar surface area (TPSA) is 46.5 Å². The Morgan fingerprint density at radius 3 is 2.56 bits per heavy atom. The van der Waals surface area contributed by atoms with Crippen LogP contribution in [0.2, 0.25) is 10.0 Å². The number of halogens is 2. The van der Waals surface area contributed by atoms with E-state index in [4.69, 9.17) is 33.0 Å². The van der Waals surface area contributed by atoms with Crippen LogP contribution >= 0.6 is 23.2 Å². The number of carboxylic acid groups (broad SMARTS) is 1. The van der Waals surface area contributed by atoms with Gasteiger partial charge >= 0.3 is 5.97 Å². The predicted octanol–water partition coefficient (Wildman–Crippen LogP) is 3.87. The van der Waals surface area contributed by atoms with E-state index in [0.29, 0.717) is 6.61 Å². The molecule has 1 rings (SSSR count). The SMILES string of the molecule is CCCCOc1cc(Cl)c(Cl)cc1C(=O)O. The molecule has 1 aromatic rings. The van der Waals surface area contributed by atoms with Crippen LogP contribution in [0.5, 0.6) is 5.75 Å². The third kappa shape index (κ3) is 3.29. The second-order valence-electron chi connectivity index (χ2n) is 3.27. The summed E-state index contributed by atoms with van der Waals surface area (Å²) in [5.74, 6) is -0.819. The molecule has 0 saturated heterocycles. The quantitative estimate of drug-likeness (QED) is 0.820. The van der Waals surface area contributed by atoms with Gasteiger partial charge in [0.1, 0.15) is 11.3 Å². The van der Waals surface area contributed by atoms with Crippen molar-refractivity contribution < 1.29 is 14.6 Å². The van der Waals surface area contributed by atoms with Crippen LogP contribution in [-0.2, 0) is 0 Å². The molecule has 88 valence electrons. The van der Waals surface area contributed by atoms with Crippen molar-refractivity contribution in [2.24, 2.45) is 0 Å². The largest absolute Gasteiger partial charge is 0.493 e. The Morgan fingerprint density at radius 2 is 2.00 bits per heavy atom. The van der Waals surface area contributed by atoms with Gasteiger partial charge in [-0.1, -0.05) is 36.5 Å². The van der Waals surface area contributed by atoms with Gasteiger partial charge in [0.25, 0.3) is 0 Å². The Bertz CT molecular complexity index is 391. The standard InChI is InChI=1S/C11H12Cl2O3/c1-2-3-4-16-10-6-9(13)8(12)5-7(10)11(14)15/h5-6H,2-4H2,1H3,(H,14,15). The molecule has 0 aromatic heterocycles. The summed E-state index contributed by atoms with van der Waals surface area (Å²) in [7, 11) is 0. The molecule has 16 heavy (non-hydrogen) atoms. The minimum absolute atomic E-state index is 0.0329. The first-order valence-corrected chi connectivity index (χ1v) is 5.67. The molecule has 0 spiro atoms. The lowest BCUT2D eigenvalue weighted by Gasteiger charge is -2.09. The van der Waals surface area contributed by atoms with Crippen LogP contribution in [0.15, 0.2) is 12.1 Å². The fourth-order valence-corrected chi connectivity index (χ4v) is 1.46. The summed E-state index contributed by atoms with van der Waals surface area (Å²) in [6.45, 7) is 2.49. The Hall–Kier alpha value is -0.930. The van der Waals surface area contributed by atoms with E-state index in [-0.39, 0.29) is 21.4 Å². The summed E-state index contributed by atoms with van der Waals surface area (Å²) in [6, 6.07) is 2.73. The van der Waals surface area contributed by atoms with E-state index in [1.54, 1.807) is 0 Å². The highest BCUT2D eigenvalue weighted by Gasteiger charge is 2.14. The van der Waals surface area contributed by atoms with Crippen molar-refractivity contribution in [1.82, 2.24) is 0 Å². The lowest BCUT2D eigenvalue weighted by molar-refractivity contribution is 0.0692. The van der Waals surface area contributed by atoms with E-state index in [2.05, 4.69) is 0 Å². The van der Waals surface area contributed by atoms with E-state index < -0.39 is 5.97 Å².